The van der Waals surface area contributed by atoms with Gasteiger partial charge < -0.3 is 15.4 Å². The van der Waals surface area contributed by atoms with Gasteiger partial charge in [-0.15, -0.1) is 0 Å². The number of benzene rings is 2. The maximum atomic E-state index is 12.4. The number of amides is 1. The van der Waals surface area contributed by atoms with Gasteiger partial charge in [-0.2, -0.15) is 0 Å². The molecule has 2 aromatic carbocycles. The molecule has 5 nitrogen and oxygen atoms in total. The summed E-state index contributed by atoms with van der Waals surface area (Å²) in [4.78, 5) is 24.5. The minimum absolute atomic E-state index is 0.0959. The Balaban J connectivity index is 1.96. The average Bonchev–Trinajstić information content (AvgIpc) is 2.70. The third-order valence-electron chi connectivity index (χ3n) is 5.39. The number of methoxy groups -OCH3 is 1. The van der Waals surface area contributed by atoms with Crippen molar-refractivity contribution in [3.8, 4) is 0 Å². The summed E-state index contributed by atoms with van der Waals surface area (Å²) in [5.41, 5.74) is 0.503. The molecule has 0 aromatic heterocycles. The Bertz CT molecular complexity index is 779. The van der Waals surface area contributed by atoms with Crippen LogP contribution in [0.4, 0.5) is 0 Å². The molecule has 1 atom stereocenters. The van der Waals surface area contributed by atoms with Crippen LogP contribution in [0.1, 0.15) is 45.2 Å². The highest BCUT2D eigenvalue weighted by Gasteiger charge is 2.35. The van der Waals surface area contributed by atoms with Crippen molar-refractivity contribution in [2.45, 2.75) is 39.7 Å². The second-order valence-electron chi connectivity index (χ2n) is 6.94. The smallest absolute Gasteiger partial charge is 0.313 e. The highest BCUT2D eigenvalue weighted by Crippen LogP contribution is 2.27. The van der Waals surface area contributed by atoms with Gasteiger partial charge in [0.05, 0.1) is 25.1 Å². The lowest BCUT2D eigenvalue weighted by molar-refractivity contribution is -0.153. The molecule has 0 spiro atoms. The first kappa shape index (κ1) is 20.9. The van der Waals surface area contributed by atoms with Crippen LogP contribution in [0.3, 0.4) is 0 Å². The largest absolute Gasteiger partial charge is 0.469 e. The number of fused-ring (bicyclic) bond motifs is 1. The lowest BCUT2D eigenvalue weighted by Crippen LogP contribution is -2.44. The molecule has 0 saturated carbocycles. The Kier molecular flexibility index (Phi) is 7.36. The quantitative estimate of drug-likeness (QED) is 0.662. The zero-order valence-corrected chi connectivity index (χ0v) is 16.7. The van der Waals surface area contributed by atoms with E-state index in [0.29, 0.717) is 19.4 Å². The molecule has 2 N–H and O–H groups in total. The van der Waals surface area contributed by atoms with Gasteiger partial charge in [-0.1, -0.05) is 56.3 Å². The van der Waals surface area contributed by atoms with E-state index in [4.69, 9.17) is 4.74 Å². The first-order valence-electron chi connectivity index (χ1n) is 9.53. The van der Waals surface area contributed by atoms with E-state index >= 15 is 0 Å². The molecular formula is C22H30N2O3. The summed E-state index contributed by atoms with van der Waals surface area (Å²) in [7, 11) is 1.40. The summed E-state index contributed by atoms with van der Waals surface area (Å²) in [5.74, 6) is -0.328. The SMILES string of the molecule is CCC(CC)(CNCC(=O)N[C@@H](C)c1cccc2ccccc12)C(=O)OC. The molecule has 0 fully saturated rings. The molecule has 0 saturated heterocycles. The fraction of sp³-hybridized carbons (Fsp3) is 0.455. The number of hydrogen-bond acceptors (Lipinski definition) is 4. The fourth-order valence-corrected chi connectivity index (χ4v) is 3.49. The third-order valence-corrected chi connectivity index (χ3v) is 5.39. The van der Waals surface area contributed by atoms with Gasteiger partial charge in [-0.25, -0.2) is 0 Å². The van der Waals surface area contributed by atoms with Crippen molar-refractivity contribution in [3.05, 3.63) is 48.0 Å². The fourth-order valence-electron chi connectivity index (χ4n) is 3.49. The molecule has 2 aromatic rings. The predicted octanol–water partition coefficient (Wildman–Crippen LogP) is 3.59. The summed E-state index contributed by atoms with van der Waals surface area (Å²) >= 11 is 0. The van der Waals surface area contributed by atoms with Crippen molar-refractivity contribution in [2.75, 3.05) is 20.2 Å². The van der Waals surface area contributed by atoms with Gasteiger partial charge in [0.2, 0.25) is 5.91 Å². The van der Waals surface area contributed by atoms with E-state index in [1.807, 2.05) is 45.0 Å². The van der Waals surface area contributed by atoms with Crippen molar-refractivity contribution in [2.24, 2.45) is 5.41 Å². The van der Waals surface area contributed by atoms with Gasteiger partial charge in [0, 0.05) is 6.54 Å². The van der Waals surface area contributed by atoms with E-state index in [-0.39, 0.29) is 24.5 Å². The van der Waals surface area contributed by atoms with Gasteiger partial charge in [0.15, 0.2) is 0 Å². The predicted molar refractivity (Wildman–Crippen MR) is 108 cm³/mol. The Morgan fingerprint density at radius 3 is 2.41 bits per heavy atom. The third kappa shape index (κ3) is 4.86. The van der Waals surface area contributed by atoms with Crippen molar-refractivity contribution < 1.29 is 14.3 Å². The highest BCUT2D eigenvalue weighted by atomic mass is 16.5. The van der Waals surface area contributed by atoms with Crippen LogP contribution in [0.2, 0.25) is 0 Å². The summed E-state index contributed by atoms with van der Waals surface area (Å²) in [5, 5.41) is 8.46. The number of ether oxygens (including phenoxy) is 1. The van der Waals surface area contributed by atoms with Crippen LogP contribution in [0.25, 0.3) is 10.8 Å². The molecule has 0 bridgehead atoms. The van der Waals surface area contributed by atoms with Crippen LogP contribution in [0.5, 0.6) is 0 Å². The molecule has 146 valence electrons. The molecular weight excluding hydrogens is 340 g/mol. The first-order valence-corrected chi connectivity index (χ1v) is 9.53. The van der Waals surface area contributed by atoms with E-state index < -0.39 is 5.41 Å². The van der Waals surface area contributed by atoms with Crippen LogP contribution < -0.4 is 10.6 Å². The van der Waals surface area contributed by atoms with Gasteiger partial charge in [0.1, 0.15) is 0 Å². The molecule has 2 rings (SSSR count). The number of rotatable bonds is 9. The van der Waals surface area contributed by atoms with Crippen LogP contribution in [0.15, 0.2) is 42.5 Å². The van der Waals surface area contributed by atoms with Crippen molar-refractivity contribution >= 4 is 22.6 Å². The van der Waals surface area contributed by atoms with Crippen molar-refractivity contribution in [1.82, 2.24) is 10.6 Å². The number of nitrogens with one attached hydrogen (secondary N) is 2. The molecule has 0 aliphatic carbocycles. The highest BCUT2D eigenvalue weighted by molar-refractivity contribution is 5.87. The molecule has 0 radical (unpaired) electrons. The van der Waals surface area contributed by atoms with Crippen LogP contribution >= 0.6 is 0 Å². The van der Waals surface area contributed by atoms with Crippen molar-refractivity contribution in [1.29, 1.82) is 0 Å². The first-order chi connectivity index (χ1) is 13.0. The summed E-state index contributed by atoms with van der Waals surface area (Å²) in [6.45, 7) is 6.49. The minimum atomic E-state index is -0.587. The molecule has 0 heterocycles. The minimum Gasteiger partial charge on any atom is -0.469 e. The summed E-state index contributed by atoms with van der Waals surface area (Å²) in [6, 6.07) is 14.2. The van der Waals surface area contributed by atoms with Gasteiger partial charge in [-0.3, -0.25) is 9.59 Å². The van der Waals surface area contributed by atoms with Crippen LogP contribution in [-0.2, 0) is 14.3 Å². The molecule has 5 heteroatoms. The maximum absolute atomic E-state index is 12.4. The average molecular weight is 370 g/mol. The van der Waals surface area contributed by atoms with E-state index in [2.05, 4.69) is 28.8 Å². The normalized spacial score (nSPS) is 12.6. The van der Waals surface area contributed by atoms with E-state index in [1.54, 1.807) is 0 Å². The molecule has 27 heavy (non-hydrogen) atoms. The van der Waals surface area contributed by atoms with E-state index in [1.165, 1.54) is 7.11 Å². The van der Waals surface area contributed by atoms with Gasteiger partial charge in [0.25, 0.3) is 0 Å². The lowest BCUT2D eigenvalue weighted by Gasteiger charge is -2.28. The zero-order valence-electron chi connectivity index (χ0n) is 16.7. The topological polar surface area (TPSA) is 67.4 Å². The maximum Gasteiger partial charge on any atom is 0.313 e. The summed E-state index contributed by atoms with van der Waals surface area (Å²) < 4.78 is 4.94. The van der Waals surface area contributed by atoms with Crippen molar-refractivity contribution in [3.63, 3.8) is 0 Å². The molecule has 1 amide bonds. The number of carbonyl (C=O) groups is 2. The number of carbonyl (C=O) groups excluding carboxylic acids is 2. The lowest BCUT2D eigenvalue weighted by atomic mass is 9.82. The zero-order chi connectivity index (χ0) is 19.9. The Morgan fingerprint density at radius 1 is 1.07 bits per heavy atom. The second-order valence-corrected chi connectivity index (χ2v) is 6.94. The molecule has 0 aliphatic heterocycles. The number of esters is 1. The van der Waals surface area contributed by atoms with Gasteiger partial charge >= 0.3 is 5.97 Å². The van der Waals surface area contributed by atoms with Crippen LogP contribution in [-0.4, -0.2) is 32.1 Å². The van der Waals surface area contributed by atoms with E-state index in [0.717, 1.165) is 16.3 Å². The number of hydrogen-bond donors (Lipinski definition) is 2. The van der Waals surface area contributed by atoms with E-state index in [9.17, 15) is 9.59 Å². The Morgan fingerprint density at radius 2 is 1.74 bits per heavy atom. The Hall–Kier alpha value is -2.40. The Labute approximate surface area is 161 Å². The summed E-state index contributed by atoms with van der Waals surface area (Å²) in [6.07, 6.45) is 1.33. The monoisotopic (exact) mass is 370 g/mol. The molecule has 0 aliphatic rings. The molecule has 0 unspecified atom stereocenters. The standard InChI is InChI=1S/C22H30N2O3/c1-5-22(6-2,21(26)27-4)15-23-14-20(25)24-16(3)18-13-9-11-17-10-7-8-12-19(17)18/h7-13,16,23H,5-6,14-15H2,1-4H3,(H,24,25)/t16-/m0/s1. The van der Waals surface area contributed by atoms with Crippen LogP contribution in [0, 0.1) is 5.41 Å². The second kappa shape index (κ2) is 9.51. The van der Waals surface area contributed by atoms with Gasteiger partial charge in [-0.05, 0) is 36.1 Å².